The molecule has 0 aromatic rings. The van der Waals surface area contributed by atoms with E-state index in [0.717, 1.165) is 12.0 Å². The third kappa shape index (κ3) is 2.09. The molecule has 4 unspecified atom stereocenters. The molecule has 5 heteroatoms. The smallest absolute Gasteiger partial charge is 0.339 e. The van der Waals surface area contributed by atoms with Crippen molar-refractivity contribution < 1.29 is 24.2 Å². The Morgan fingerprint density at radius 2 is 2.04 bits per heavy atom. The molecular formula is C18H24O5. The average Bonchev–Trinajstić information content (AvgIpc) is 2.89. The second-order valence-corrected chi connectivity index (χ2v) is 7.42. The Kier molecular flexibility index (Phi) is 3.67. The zero-order valence-electron chi connectivity index (χ0n) is 14.3. The Hall–Kier alpha value is -1.62. The van der Waals surface area contributed by atoms with Crippen LogP contribution in [0.5, 0.6) is 0 Å². The maximum Gasteiger partial charge on any atom is 0.339 e. The Morgan fingerprint density at radius 1 is 1.39 bits per heavy atom. The molecule has 5 nitrogen and oxygen atoms in total. The summed E-state index contributed by atoms with van der Waals surface area (Å²) in [6, 6.07) is 0. The fourth-order valence-corrected chi connectivity index (χ4v) is 4.03. The molecule has 0 spiro atoms. The lowest BCUT2D eigenvalue weighted by Crippen LogP contribution is -2.46. The number of aliphatic hydroxyl groups excluding tert-OH is 1. The molecule has 1 saturated carbocycles. The van der Waals surface area contributed by atoms with E-state index in [-0.39, 0.29) is 17.8 Å². The summed E-state index contributed by atoms with van der Waals surface area (Å²) in [4.78, 5) is 24.2. The zero-order valence-corrected chi connectivity index (χ0v) is 14.3. The van der Waals surface area contributed by atoms with Crippen LogP contribution in [0.3, 0.4) is 0 Å². The molecule has 23 heavy (non-hydrogen) atoms. The standard InChI is InChI=1S/C18H24O5/c1-8(2)16(20)23-15-12-10(4)17(21)22-14(12)13-11(19)7-6-9(3)18(13,15)5/h8-9,11,15,19H,6-7H2,1-5H3. The van der Waals surface area contributed by atoms with Crippen LogP contribution in [0.2, 0.25) is 0 Å². The lowest BCUT2D eigenvalue weighted by atomic mass is 9.63. The summed E-state index contributed by atoms with van der Waals surface area (Å²) >= 11 is 0. The van der Waals surface area contributed by atoms with Gasteiger partial charge in [0.05, 0.1) is 12.0 Å². The summed E-state index contributed by atoms with van der Waals surface area (Å²) in [5.74, 6) is -0.322. The van der Waals surface area contributed by atoms with Crippen LogP contribution in [0.4, 0.5) is 0 Å². The molecule has 1 fully saturated rings. The second kappa shape index (κ2) is 5.20. The first-order chi connectivity index (χ1) is 10.7. The molecule has 3 aliphatic rings. The van der Waals surface area contributed by atoms with Gasteiger partial charge in [-0.2, -0.15) is 0 Å². The number of esters is 2. The Labute approximate surface area is 136 Å². The van der Waals surface area contributed by atoms with Crippen molar-refractivity contribution in [1.82, 2.24) is 0 Å². The van der Waals surface area contributed by atoms with Crippen LogP contribution >= 0.6 is 0 Å². The van der Waals surface area contributed by atoms with Crippen LogP contribution in [-0.2, 0) is 19.1 Å². The first kappa shape index (κ1) is 16.2. The SMILES string of the molecule is CC1=C2C(=C3C(O)CCC(C)C3(C)C2OC(=O)C(C)C)OC1=O. The fourth-order valence-electron chi connectivity index (χ4n) is 4.03. The van der Waals surface area contributed by atoms with Crippen molar-refractivity contribution in [2.45, 2.75) is 59.7 Å². The van der Waals surface area contributed by atoms with Crippen LogP contribution < -0.4 is 0 Å². The highest BCUT2D eigenvalue weighted by Gasteiger charge is 2.60. The molecule has 0 bridgehead atoms. The van der Waals surface area contributed by atoms with E-state index in [1.807, 2.05) is 6.92 Å². The highest BCUT2D eigenvalue weighted by Crippen LogP contribution is 2.59. The minimum atomic E-state index is -0.664. The lowest BCUT2D eigenvalue weighted by Gasteiger charge is -2.44. The average molecular weight is 320 g/mol. The van der Waals surface area contributed by atoms with Crippen LogP contribution in [0.25, 0.3) is 0 Å². The summed E-state index contributed by atoms with van der Waals surface area (Å²) in [5.41, 5.74) is 1.31. The van der Waals surface area contributed by atoms with Gasteiger partial charge in [-0.25, -0.2) is 4.79 Å². The van der Waals surface area contributed by atoms with Gasteiger partial charge in [0.2, 0.25) is 0 Å². The molecule has 1 N–H and O–H groups in total. The van der Waals surface area contributed by atoms with Gasteiger partial charge in [0.15, 0.2) is 0 Å². The summed E-state index contributed by atoms with van der Waals surface area (Å²) < 4.78 is 11.3. The van der Waals surface area contributed by atoms with Gasteiger partial charge in [-0.1, -0.05) is 27.7 Å². The van der Waals surface area contributed by atoms with E-state index in [2.05, 4.69) is 6.92 Å². The van der Waals surface area contributed by atoms with E-state index in [4.69, 9.17) is 9.47 Å². The quantitative estimate of drug-likeness (QED) is 0.791. The van der Waals surface area contributed by atoms with Gasteiger partial charge in [-0.3, -0.25) is 4.79 Å². The van der Waals surface area contributed by atoms with Crippen LogP contribution in [0.1, 0.15) is 47.5 Å². The minimum absolute atomic E-state index is 0.211. The Morgan fingerprint density at radius 3 is 2.65 bits per heavy atom. The highest BCUT2D eigenvalue weighted by molar-refractivity contribution is 5.95. The predicted octanol–water partition coefficient (Wildman–Crippen LogP) is 2.49. The maximum absolute atomic E-state index is 12.2. The minimum Gasteiger partial charge on any atom is -0.456 e. The van der Waals surface area contributed by atoms with Crippen molar-refractivity contribution in [1.29, 1.82) is 0 Å². The van der Waals surface area contributed by atoms with Gasteiger partial charge in [-0.15, -0.1) is 0 Å². The third-order valence-electron chi connectivity index (χ3n) is 5.72. The number of hydrogen-bond donors (Lipinski definition) is 1. The molecule has 0 aromatic heterocycles. The van der Waals surface area contributed by atoms with Crippen molar-refractivity contribution in [3.8, 4) is 0 Å². The van der Waals surface area contributed by atoms with E-state index in [1.165, 1.54) is 0 Å². The summed E-state index contributed by atoms with van der Waals surface area (Å²) in [7, 11) is 0. The van der Waals surface area contributed by atoms with E-state index < -0.39 is 23.6 Å². The highest BCUT2D eigenvalue weighted by atomic mass is 16.6. The van der Waals surface area contributed by atoms with Crippen molar-refractivity contribution in [3.63, 3.8) is 0 Å². The normalized spacial score (nSPS) is 36.3. The van der Waals surface area contributed by atoms with Gasteiger partial charge in [0.25, 0.3) is 0 Å². The van der Waals surface area contributed by atoms with Gasteiger partial charge in [0.1, 0.15) is 11.9 Å². The maximum atomic E-state index is 12.2. The number of hydrogen-bond acceptors (Lipinski definition) is 5. The molecule has 4 atom stereocenters. The molecule has 1 aliphatic heterocycles. The predicted molar refractivity (Wildman–Crippen MR) is 83.0 cm³/mol. The Balaban J connectivity index is 2.14. The molecule has 0 aromatic carbocycles. The zero-order chi connectivity index (χ0) is 17.1. The first-order valence-corrected chi connectivity index (χ1v) is 8.26. The summed E-state index contributed by atoms with van der Waals surface area (Å²) in [6.45, 7) is 9.37. The monoisotopic (exact) mass is 320 g/mol. The molecule has 0 saturated heterocycles. The van der Waals surface area contributed by atoms with Gasteiger partial charge >= 0.3 is 11.9 Å². The molecule has 3 rings (SSSR count). The van der Waals surface area contributed by atoms with Crippen LogP contribution in [0.15, 0.2) is 22.5 Å². The first-order valence-electron chi connectivity index (χ1n) is 8.26. The van der Waals surface area contributed by atoms with Crippen LogP contribution in [-0.4, -0.2) is 29.3 Å². The van der Waals surface area contributed by atoms with Gasteiger partial charge in [0, 0.05) is 22.1 Å². The van der Waals surface area contributed by atoms with E-state index >= 15 is 0 Å². The molecule has 1 heterocycles. The summed E-state index contributed by atoms with van der Waals surface area (Å²) in [5, 5.41) is 10.5. The summed E-state index contributed by atoms with van der Waals surface area (Å²) in [6.07, 6.45) is 0.232. The van der Waals surface area contributed by atoms with Gasteiger partial charge in [-0.05, 0) is 25.7 Å². The molecule has 0 radical (unpaired) electrons. The number of ether oxygens (including phenoxy) is 2. The number of aliphatic hydroxyl groups is 1. The molecule has 126 valence electrons. The second-order valence-electron chi connectivity index (χ2n) is 7.42. The Bertz CT molecular complexity index is 642. The number of carbonyl (C=O) groups excluding carboxylic acids is 2. The largest absolute Gasteiger partial charge is 0.456 e. The van der Waals surface area contributed by atoms with E-state index in [9.17, 15) is 14.7 Å². The topological polar surface area (TPSA) is 72.8 Å². The number of fused-ring (bicyclic) bond motifs is 2. The van der Waals surface area contributed by atoms with Crippen molar-refractivity contribution in [2.75, 3.05) is 0 Å². The van der Waals surface area contributed by atoms with E-state index in [0.29, 0.717) is 23.3 Å². The van der Waals surface area contributed by atoms with Crippen molar-refractivity contribution in [3.05, 3.63) is 22.5 Å². The van der Waals surface area contributed by atoms with Crippen molar-refractivity contribution >= 4 is 11.9 Å². The number of carbonyl (C=O) groups is 2. The molecule has 2 aliphatic carbocycles. The number of rotatable bonds is 2. The van der Waals surface area contributed by atoms with Gasteiger partial charge < -0.3 is 14.6 Å². The molecular weight excluding hydrogens is 296 g/mol. The lowest BCUT2D eigenvalue weighted by molar-refractivity contribution is -0.157. The molecule has 0 amide bonds. The van der Waals surface area contributed by atoms with E-state index in [1.54, 1.807) is 20.8 Å². The fraction of sp³-hybridized carbons (Fsp3) is 0.667. The third-order valence-corrected chi connectivity index (χ3v) is 5.72. The van der Waals surface area contributed by atoms with Crippen molar-refractivity contribution in [2.24, 2.45) is 17.3 Å². The van der Waals surface area contributed by atoms with Crippen LogP contribution in [0, 0.1) is 17.3 Å².